The molecule has 1 aliphatic rings. The van der Waals surface area contributed by atoms with E-state index in [1.165, 1.54) is 0 Å². The van der Waals surface area contributed by atoms with Gasteiger partial charge in [-0.25, -0.2) is 0 Å². The van der Waals surface area contributed by atoms with Crippen LogP contribution in [0.3, 0.4) is 0 Å². The van der Waals surface area contributed by atoms with E-state index in [0.717, 1.165) is 17.9 Å². The third-order valence-corrected chi connectivity index (χ3v) is 4.78. The molecule has 0 bridgehead atoms. The normalized spacial score (nSPS) is 16.2. The number of halogens is 1. The summed E-state index contributed by atoms with van der Waals surface area (Å²) in [5.74, 6) is 1.94. The van der Waals surface area contributed by atoms with E-state index in [2.05, 4.69) is 5.32 Å². The molecule has 7 heteroatoms. The first-order chi connectivity index (χ1) is 13.5. The van der Waals surface area contributed by atoms with Gasteiger partial charge in [0.2, 0.25) is 0 Å². The monoisotopic (exact) mass is 420 g/mol. The maximum atomic E-state index is 13.3. The van der Waals surface area contributed by atoms with Gasteiger partial charge in [0.05, 0.1) is 26.4 Å². The first-order valence-corrected chi connectivity index (χ1v) is 9.54. The lowest BCUT2D eigenvalue weighted by Crippen LogP contribution is -2.48. The molecule has 1 atom stereocenters. The van der Waals surface area contributed by atoms with Crippen molar-refractivity contribution in [3.8, 4) is 17.2 Å². The van der Waals surface area contributed by atoms with Crippen LogP contribution in [0.2, 0.25) is 0 Å². The molecule has 29 heavy (non-hydrogen) atoms. The smallest absolute Gasteiger partial charge is 0.254 e. The predicted molar refractivity (Wildman–Crippen MR) is 116 cm³/mol. The molecule has 1 N–H and O–H groups in total. The molecule has 2 aromatic rings. The predicted octanol–water partition coefficient (Wildman–Crippen LogP) is 3.70. The summed E-state index contributed by atoms with van der Waals surface area (Å²) in [6.45, 7) is 5.96. The first kappa shape index (κ1) is 22.8. The molecule has 1 heterocycles. The lowest BCUT2D eigenvalue weighted by molar-refractivity contribution is 0.0631. The Hall–Kier alpha value is -2.44. The van der Waals surface area contributed by atoms with Gasteiger partial charge in [-0.05, 0) is 38.1 Å². The number of benzene rings is 2. The van der Waals surface area contributed by atoms with Crippen LogP contribution in [-0.2, 0) is 0 Å². The lowest BCUT2D eigenvalue weighted by Gasteiger charge is -2.37. The molecule has 0 aliphatic carbocycles. The fourth-order valence-electron chi connectivity index (χ4n) is 3.48. The molecule has 2 aromatic carbocycles. The Balaban J connectivity index is 0.00000300. The fourth-order valence-corrected chi connectivity index (χ4v) is 3.48. The summed E-state index contributed by atoms with van der Waals surface area (Å²) in [4.78, 5) is 15.2. The number of nitrogens with zero attached hydrogens (tertiary/aromatic N) is 1. The average molecular weight is 421 g/mol. The van der Waals surface area contributed by atoms with Gasteiger partial charge in [-0.15, -0.1) is 12.4 Å². The third kappa shape index (κ3) is 5.14. The molecule has 1 saturated heterocycles. The van der Waals surface area contributed by atoms with Gasteiger partial charge in [-0.1, -0.05) is 18.2 Å². The molecule has 1 aliphatic heterocycles. The Morgan fingerprint density at radius 1 is 1.07 bits per heavy atom. The number of ether oxygens (including phenoxy) is 3. The van der Waals surface area contributed by atoms with Gasteiger partial charge in [0, 0.05) is 30.8 Å². The standard InChI is InChI=1S/C22H28N2O4.ClH/c1-15(2)28-20-10-9-16(13-21(20)27-4)22(25)24-12-11-23-14-18(24)17-7-5-6-8-19(17)26-3;/h5-10,13,15,18,23H,11-12,14H2,1-4H3;1H. The van der Waals surface area contributed by atoms with Crippen molar-refractivity contribution < 1.29 is 19.0 Å². The average Bonchev–Trinajstić information content (AvgIpc) is 2.73. The van der Waals surface area contributed by atoms with Crippen molar-refractivity contribution >= 4 is 18.3 Å². The molecule has 158 valence electrons. The van der Waals surface area contributed by atoms with Crippen molar-refractivity contribution in [1.82, 2.24) is 10.2 Å². The van der Waals surface area contributed by atoms with Gasteiger partial charge >= 0.3 is 0 Å². The molecular weight excluding hydrogens is 392 g/mol. The van der Waals surface area contributed by atoms with E-state index >= 15 is 0 Å². The van der Waals surface area contributed by atoms with E-state index in [0.29, 0.717) is 30.2 Å². The van der Waals surface area contributed by atoms with Gasteiger partial charge < -0.3 is 24.4 Å². The Morgan fingerprint density at radius 3 is 2.48 bits per heavy atom. The molecule has 0 aromatic heterocycles. The second-order valence-corrected chi connectivity index (χ2v) is 6.99. The Bertz CT molecular complexity index is 828. The van der Waals surface area contributed by atoms with Gasteiger partial charge in [0.15, 0.2) is 11.5 Å². The SMILES string of the molecule is COc1cc(C(=O)N2CCNCC2c2ccccc2OC)ccc1OC(C)C.Cl. The maximum Gasteiger partial charge on any atom is 0.254 e. The van der Waals surface area contributed by atoms with Crippen LogP contribution in [0.1, 0.15) is 35.8 Å². The van der Waals surface area contributed by atoms with Crippen molar-refractivity contribution in [1.29, 1.82) is 0 Å². The molecule has 0 spiro atoms. The molecule has 1 amide bonds. The highest BCUT2D eigenvalue weighted by Gasteiger charge is 2.30. The molecule has 0 saturated carbocycles. The highest BCUT2D eigenvalue weighted by Crippen LogP contribution is 2.33. The molecular formula is C22H29ClN2O4. The minimum Gasteiger partial charge on any atom is -0.496 e. The third-order valence-electron chi connectivity index (χ3n) is 4.78. The quantitative estimate of drug-likeness (QED) is 0.772. The van der Waals surface area contributed by atoms with Gasteiger partial charge in [0.1, 0.15) is 5.75 Å². The Labute approximate surface area is 178 Å². The summed E-state index contributed by atoms with van der Waals surface area (Å²) in [5.41, 5.74) is 1.58. The van der Waals surface area contributed by atoms with E-state index in [1.54, 1.807) is 32.4 Å². The van der Waals surface area contributed by atoms with Crippen molar-refractivity contribution in [2.75, 3.05) is 33.9 Å². The number of hydrogen-bond donors (Lipinski definition) is 1. The van der Waals surface area contributed by atoms with Crippen molar-refractivity contribution in [2.45, 2.75) is 26.0 Å². The topological polar surface area (TPSA) is 60.0 Å². The summed E-state index contributed by atoms with van der Waals surface area (Å²) in [6, 6.07) is 13.1. The second-order valence-electron chi connectivity index (χ2n) is 6.99. The van der Waals surface area contributed by atoms with E-state index in [-0.39, 0.29) is 30.5 Å². The second kappa shape index (κ2) is 10.4. The van der Waals surface area contributed by atoms with Crippen LogP contribution in [0.5, 0.6) is 17.2 Å². The number of para-hydroxylation sites is 1. The zero-order valence-electron chi connectivity index (χ0n) is 17.3. The molecule has 1 unspecified atom stereocenters. The first-order valence-electron chi connectivity index (χ1n) is 9.54. The number of hydrogen-bond acceptors (Lipinski definition) is 5. The number of piperazine rings is 1. The zero-order chi connectivity index (χ0) is 20.1. The van der Waals surface area contributed by atoms with Crippen LogP contribution in [0, 0.1) is 0 Å². The Kier molecular flexibility index (Phi) is 8.17. The summed E-state index contributed by atoms with van der Waals surface area (Å²) in [5, 5.41) is 3.38. The van der Waals surface area contributed by atoms with E-state index in [1.807, 2.05) is 43.0 Å². The number of carbonyl (C=O) groups is 1. The summed E-state index contributed by atoms with van der Waals surface area (Å²) in [7, 11) is 3.23. The van der Waals surface area contributed by atoms with E-state index in [4.69, 9.17) is 14.2 Å². The van der Waals surface area contributed by atoms with Crippen LogP contribution < -0.4 is 19.5 Å². The van der Waals surface area contributed by atoms with E-state index < -0.39 is 0 Å². The fraction of sp³-hybridized carbons (Fsp3) is 0.409. The van der Waals surface area contributed by atoms with Crippen molar-refractivity contribution in [2.24, 2.45) is 0 Å². The highest BCUT2D eigenvalue weighted by molar-refractivity contribution is 5.95. The number of methoxy groups -OCH3 is 2. The van der Waals surface area contributed by atoms with Crippen molar-refractivity contribution in [3.05, 3.63) is 53.6 Å². The van der Waals surface area contributed by atoms with Gasteiger partial charge in [0.25, 0.3) is 5.91 Å². The Morgan fingerprint density at radius 2 is 1.79 bits per heavy atom. The largest absolute Gasteiger partial charge is 0.496 e. The number of nitrogens with one attached hydrogen (secondary N) is 1. The minimum atomic E-state index is -0.102. The van der Waals surface area contributed by atoms with Gasteiger partial charge in [-0.3, -0.25) is 4.79 Å². The number of amides is 1. The number of rotatable bonds is 6. The van der Waals surface area contributed by atoms with Crippen LogP contribution in [0.25, 0.3) is 0 Å². The summed E-state index contributed by atoms with van der Waals surface area (Å²) in [6.07, 6.45) is 0.0264. The molecule has 0 radical (unpaired) electrons. The number of carbonyl (C=O) groups excluding carboxylic acids is 1. The van der Waals surface area contributed by atoms with E-state index in [9.17, 15) is 4.79 Å². The lowest BCUT2D eigenvalue weighted by atomic mass is 10.0. The highest BCUT2D eigenvalue weighted by atomic mass is 35.5. The summed E-state index contributed by atoms with van der Waals surface area (Å²) < 4.78 is 16.7. The van der Waals surface area contributed by atoms with Gasteiger partial charge in [-0.2, -0.15) is 0 Å². The van der Waals surface area contributed by atoms with Crippen LogP contribution >= 0.6 is 12.4 Å². The van der Waals surface area contributed by atoms with Crippen LogP contribution in [0.4, 0.5) is 0 Å². The maximum absolute atomic E-state index is 13.3. The molecule has 6 nitrogen and oxygen atoms in total. The molecule has 1 fully saturated rings. The molecule has 3 rings (SSSR count). The minimum absolute atomic E-state index is 0. The summed E-state index contributed by atoms with van der Waals surface area (Å²) >= 11 is 0. The van der Waals surface area contributed by atoms with Crippen molar-refractivity contribution in [3.63, 3.8) is 0 Å². The van der Waals surface area contributed by atoms with Crippen LogP contribution in [-0.4, -0.2) is 50.8 Å². The van der Waals surface area contributed by atoms with Crippen LogP contribution in [0.15, 0.2) is 42.5 Å². The zero-order valence-corrected chi connectivity index (χ0v) is 18.1.